The number of hydrogen-bond acceptors (Lipinski definition) is 1. The Kier molecular flexibility index (Phi) is 3.71. The van der Waals surface area contributed by atoms with Gasteiger partial charge in [-0.3, -0.25) is 0 Å². The van der Waals surface area contributed by atoms with Crippen molar-refractivity contribution < 1.29 is 13.9 Å². The number of hydrogen-bond donors (Lipinski definition) is 1. The van der Waals surface area contributed by atoms with Crippen LogP contribution in [0.1, 0.15) is 56.3 Å². The quantitative estimate of drug-likeness (QED) is 0.853. The van der Waals surface area contributed by atoms with Crippen LogP contribution in [0.15, 0.2) is 12.1 Å². The van der Waals surface area contributed by atoms with Gasteiger partial charge in [0.2, 0.25) is 0 Å². The summed E-state index contributed by atoms with van der Waals surface area (Å²) in [5.74, 6) is -1.72. The molecule has 1 unspecified atom stereocenters. The van der Waals surface area contributed by atoms with Gasteiger partial charge in [-0.1, -0.05) is 31.9 Å². The third kappa shape index (κ3) is 2.05. The van der Waals surface area contributed by atoms with Crippen LogP contribution in [-0.4, -0.2) is 5.11 Å². The maximum absolute atomic E-state index is 13.9. The molecule has 1 aromatic carbocycles. The fraction of sp³-hybridized carbons (Fsp3) is 0.600. The smallest absolute Gasteiger partial charge is 0.164 e. The van der Waals surface area contributed by atoms with E-state index in [0.717, 1.165) is 32.1 Å². The van der Waals surface area contributed by atoms with Crippen molar-refractivity contribution in [2.45, 2.75) is 52.1 Å². The first-order valence-corrected chi connectivity index (χ1v) is 6.64. The first kappa shape index (κ1) is 13.5. The van der Waals surface area contributed by atoms with E-state index >= 15 is 0 Å². The molecule has 1 saturated carbocycles. The van der Waals surface area contributed by atoms with Gasteiger partial charge in [0.1, 0.15) is 0 Å². The van der Waals surface area contributed by atoms with Gasteiger partial charge >= 0.3 is 0 Å². The van der Waals surface area contributed by atoms with Gasteiger partial charge in [-0.2, -0.15) is 0 Å². The molecule has 1 nitrogen and oxygen atoms in total. The highest BCUT2D eigenvalue weighted by atomic mass is 19.2. The van der Waals surface area contributed by atoms with Gasteiger partial charge < -0.3 is 5.11 Å². The minimum absolute atomic E-state index is 0.113. The lowest BCUT2D eigenvalue weighted by atomic mass is 9.75. The molecular formula is C15H20F2O. The minimum Gasteiger partial charge on any atom is -0.388 e. The second-order valence-corrected chi connectivity index (χ2v) is 5.43. The number of aryl methyl sites for hydroxylation is 1. The highest BCUT2D eigenvalue weighted by Gasteiger charge is 2.41. The van der Waals surface area contributed by atoms with Crippen molar-refractivity contribution in [3.63, 3.8) is 0 Å². The standard InChI is InChI=1S/C15H20F2O/c1-3-15(8-4-5-9-15)14(18)11-7-6-10(2)12(16)13(11)17/h6-7,14,18H,3-5,8-9H2,1-2H3. The summed E-state index contributed by atoms with van der Waals surface area (Å²) in [6, 6.07) is 3.06. The van der Waals surface area contributed by atoms with E-state index in [1.54, 1.807) is 0 Å². The van der Waals surface area contributed by atoms with Gasteiger partial charge in [0.25, 0.3) is 0 Å². The van der Waals surface area contributed by atoms with Crippen molar-refractivity contribution in [1.29, 1.82) is 0 Å². The highest BCUT2D eigenvalue weighted by Crippen LogP contribution is 2.50. The van der Waals surface area contributed by atoms with Crippen molar-refractivity contribution >= 4 is 0 Å². The molecule has 1 aromatic rings. The molecule has 1 aliphatic rings. The van der Waals surface area contributed by atoms with Crippen LogP contribution in [0.4, 0.5) is 8.78 Å². The molecule has 0 aromatic heterocycles. The van der Waals surface area contributed by atoms with Crippen LogP contribution in [0.25, 0.3) is 0 Å². The molecule has 0 heterocycles. The molecular weight excluding hydrogens is 234 g/mol. The number of aliphatic hydroxyl groups excluding tert-OH is 1. The van der Waals surface area contributed by atoms with Crippen LogP contribution in [-0.2, 0) is 0 Å². The van der Waals surface area contributed by atoms with Crippen molar-refractivity contribution in [3.05, 3.63) is 34.9 Å². The van der Waals surface area contributed by atoms with E-state index in [1.165, 1.54) is 19.1 Å². The van der Waals surface area contributed by atoms with Gasteiger partial charge in [0.05, 0.1) is 6.10 Å². The molecule has 1 atom stereocenters. The normalized spacial score (nSPS) is 20.1. The molecule has 100 valence electrons. The lowest BCUT2D eigenvalue weighted by molar-refractivity contribution is 0.0206. The summed E-state index contributed by atoms with van der Waals surface area (Å²) in [6.45, 7) is 3.54. The molecule has 18 heavy (non-hydrogen) atoms. The van der Waals surface area contributed by atoms with Gasteiger partial charge in [0, 0.05) is 11.0 Å². The zero-order valence-electron chi connectivity index (χ0n) is 11.0. The molecule has 0 saturated heterocycles. The van der Waals surface area contributed by atoms with Gasteiger partial charge in [-0.25, -0.2) is 8.78 Å². The van der Waals surface area contributed by atoms with Crippen LogP contribution < -0.4 is 0 Å². The maximum Gasteiger partial charge on any atom is 0.164 e. The predicted molar refractivity (Wildman–Crippen MR) is 67.2 cm³/mol. The topological polar surface area (TPSA) is 20.2 Å². The largest absolute Gasteiger partial charge is 0.388 e. The van der Waals surface area contributed by atoms with Gasteiger partial charge in [-0.15, -0.1) is 0 Å². The molecule has 0 aliphatic heterocycles. The Hall–Kier alpha value is -0.960. The summed E-state index contributed by atoms with van der Waals surface area (Å²) in [4.78, 5) is 0. The molecule has 0 radical (unpaired) electrons. The van der Waals surface area contributed by atoms with E-state index in [1.807, 2.05) is 6.92 Å². The van der Waals surface area contributed by atoms with Crippen molar-refractivity contribution in [2.75, 3.05) is 0 Å². The van der Waals surface area contributed by atoms with E-state index in [4.69, 9.17) is 0 Å². The summed E-state index contributed by atoms with van der Waals surface area (Å²) in [5, 5.41) is 10.5. The van der Waals surface area contributed by atoms with E-state index in [2.05, 4.69) is 0 Å². The van der Waals surface area contributed by atoms with E-state index in [-0.39, 0.29) is 16.5 Å². The Balaban J connectivity index is 2.39. The van der Waals surface area contributed by atoms with E-state index in [9.17, 15) is 13.9 Å². The molecule has 1 N–H and O–H groups in total. The SMILES string of the molecule is CCC1(C(O)c2ccc(C)c(F)c2F)CCCC1. The summed E-state index contributed by atoms with van der Waals surface area (Å²) < 4.78 is 27.5. The first-order chi connectivity index (χ1) is 8.52. The zero-order valence-corrected chi connectivity index (χ0v) is 11.0. The summed E-state index contributed by atoms with van der Waals surface area (Å²) in [5.41, 5.74) is 0.116. The van der Waals surface area contributed by atoms with E-state index < -0.39 is 17.7 Å². The molecule has 1 fully saturated rings. The van der Waals surface area contributed by atoms with E-state index in [0.29, 0.717) is 0 Å². The van der Waals surface area contributed by atoms with Gasteiger partial charge in [-0.05, 0) is 31.7 Å². The Morgan fingerprint density at radius 2 is 1.83 bits per heavy atom. The van der Waals surface area contributed by atoms with Crippen molar-refractivity contribution in [3.8, 4) is 0 Å². The van der Waals surface area contributed by atoms with Crippen molar-refractivity contribution in [1.82, 2.24) is 0 Å². The third-order valence-electron chi connectivity index (χ3n) is 4.48. The average Bonchev–Trinajstić information content (AvgIpc) is 2.85. The lowest BCUT2D eigenvalue weighted by Gasteiger charge is -2.33. The number of rotatable bonds is 3. The highest BCUT2D eigenvalue weighted by molar-refractivity contribution is 5.28. The summed E-state index contributed by atoms with van der Waals surface area (Å²) >= 11 is 0. The fourth-order valence-corrected chi connectivity index (χ4v) is 3.10. The summed E-state index contributed by atoms with van der Waals surface area (Å²) in [6.07, 6.45) is 3.78. The Morgan fingerprint density at radius 1 is 1.22 bits per heavy atom. The fourth-order valence-electron chi connectivity index (χ4n) is 3.10. The molecule has 2 rings (SSSR count). The monoisotopic (exact) mass is 254 g/mol. The first-order valence-electron chi connectivity index (χ1n) is 6.64. The zero-order chi connectivity index (χ0) is 13.3. The van der Waals surface area contributed by atoms with Gasteiger partial charge in [0.15, 0.2) is 11.6 Å². The Morgan fingerprint density at radius 3 is 2.39 bits per heavy atom. The molecule has 0 bridgehead atoms. The Labute approximate surface area is 107 Å². The molecule has 0 spiro atoms. The Bertz CT molecular complexity index is 436. The molecule has 1 aliphatic carbocycles. The van der Waals surface area contributed by atoms with Crippen LogP contribution in [0.5, 0.6) is 0 Å². The predicted octanol–water partition coefficient (Wildman–Crippen LogP) is 4.28. The van der Waals surface area contributed by atoms with Crippen molar-refractivity contribution in [2.24, 2.45) is 5.41 Å². The molecule has 3 heteroatoms. The maximum atomic E-state index is 13.9. The van der Waals surface area contributed by atoms with Crippen LogP contribution >= 0.6 is 0 Å². The minimum atomic E-state index is -0.903. The third-order valence-corrected chi connectivity index (χ3v) is 4.48. The summed E-state index contributed by atoms with van der Waals surface area (Å²) in [7, 11) is 0. The van der Waals surface area contributed by atoms with Crippen LogP contribution in [0, 0.1) is 24.0 Å². The number of benzene rings is 1. The van der Waals surface area contributed by atoms with Crippen LogP contribution in [0.2, 0.25) is 0 Å². The average molecular weight is 254 g/mol. The number of aliphatic hydroxyl groups is 1. The number of halogens is 2. The second kappa shape index (κ2) is 4.96. The lowest BCUT2D eigenvalue weighted by Crippen LogP contribution is -2.26. The second-order valence-electron chi connectivity index (χ2n) is 5.43. The van der Waals surface area contributed by atoms with Crippen LogP contribution in [0.3, 0.4) is 0 Å². The molecule has 0 amide bonds.